The van der Waals surface area contributed by atoms with Crippen LogP contribution in [0.1, 0.15) is 28.7 Å². The topological polar surface area (TPSA) is 110 Å². The van der Waals surface area contributed by atoms with Gasteiger partial charge in [0.2, 0.25) is 5.91 Å². The Morgan fingerprint density at radius 1 is 1.36 bits per heavy atom. The van der Waals surface area contributed by atoms with Gasteiger partial charge in [0.25, 0.3) is 0 Å². The number of H-pyrrole nitrogens is 1. The van der Waals surface area contributed by atoms with Crippen LogP contribution in [0.5, 0.6) is 0 Å². The molecule has 112 valence electrons. The Bertz CT molecular complexity index is 820. The summed E-state index contributed by atoms with van der Waals surface area (Å²) in [5.74, 6) is 1.24. The molecule has 4 rings (SSSR count). The lowest BCUT2D eigenvalue weighted by Crippen LogP contribution is -2.21. The molecule has 8 heteroatoms. The fourth-order valence-corrected chi connectivity index (χ4v) is 3.58. The van der Waals surface area contributed by atoms with Crippen LogP contribution in [0.25, 0.3) is 11.5 Å². The number of nitrogen functional groups attached to an aromatic ring is 1. The summed E-state index contributed by atoms with van der Waals surface area (Å²) >= 11 is 1.41. The minimum atomic E-state index is -0.163. The van der Waals surface area contributed by atoms with Crippen LogP contribution in [0.15, 0.2) is 28.8 Å². The summed E-state index contributed by atoms with van der Waals surface area (Å²) in [4.78, 5) is 17.2. The predicted molar refractivity (Wildman–Crippen MR) is 81.1 cm³/mol. The van der Waals surface area contributed by atoms with Crippen molar-refractivity contribution < 1.29 is 9.21 Å². The molecule has 0 saturated carbocycles. The van der Waals surface area contributed by atoms with E-state index in [2.05, 4.69) is 20.5 Å². The highest BCUT2D eigenvalue weighted by Gasteiger charge is 2.30. The molecule has 1 amide bonds. The molecule has 4 heterocycles. The van der Waals surface area contributed by atoms with Crippen LogP contribution in [-0.2, 0) is 11.3 Å². The first-order valence-electron chi connectivity index (χ1n) is 6.82. The van der Waals surface area contributed by atoms with Crippen LogP contribution in [0, 0.1) is 0 Å². The summed E-state index contributed by atoms with van der Waals surface area (Å²) < 4.78 is 5.92. The molecule has 4 N–H and O–H groups in total. The third-order valence-electron chi connectivity index (χ3n) is 3.64. The Morgan fingerprint density at radius 3 is 3.09 bits per heavy atom. The monoisotopic (exact) mass is 315 g/mol. The van der Waals surface area contributed by atoms with Crippen molar-refractivity contribution in [1.29, 1.82) is 0 Å². The third-order valence-corrected chi connectivity index (χ3v) is 4.68. The van der Waals surface area contributed by atoms with Crippen molar-refractivity contribution >= 4 is 22.4 Å². The first-order valence-corrected chi connectivity index (χ1v) is 7.63. The lowest BCUT2D eigenvalue weighted by molar-refractivity contribution is -0.121. The van der Waals surface area contributed by atoms with Crippen molar-refractivity contribution in [3.8, 4) is 11.5 Å². The maximum Gasteiger partial charge on any atom is 0.221 e. The predicted octanol–water partition coefficient (Wildman–Crippen LogP) is 1.86. The average Bonchev–Trinajstić information content (AvgIpc) is 3.21. The second kappa shape index (κ2) is 4.99. The van der Waals surface area contributed by atoms with Crippen LogP contribution in [0.4, 0.5) is 5.13 Å². The normalized spacial score (nSPS) is 17.8. The Kier molecular flexibility index (Phi) is 2.97. The summed E-state index contributed by atoms with van der Waals surface area (Å²) in [6, 6.07) is 5.59. The van der Waals surface area contributed by atoms with Crippen molar-refractivity contribution in [2.75, 3.05) is 5.73 Å². The number of rotatable bonds is 2. The van der Waals surface area contributed by atoms with Gasteiger partial charge in [0.05, 0.1) is 18.2 Å². The SMILES string of the molecule is Nc1nc2c(s1)[C@@H](c1ccc(-c3ccn[nH]3)o1)CC(=O)NC2. The van der Waals surface area contributed by atoms with Gasteiger partial charge in [-0.25, -0.2) is 4.98 Å². The number of thiazole rings is 1. The number of amides is 1. The highest BCUT2D eigenvalue weighted by atomic mass is 32.1. The van der Waals surface area contributed by atoms with Gasteiger partial charge in [0.1, 0.15) is 11.5 Å². The number of furan rings is 1. The van der Waals surface area contributed by atoms with Gasteiger partial charge in [-0.2, -0.15) is 5.10 Å². The van der Waals surface area contributed by atoms with E-state index in [1.165, 1.54) is 11.3 Å². The van der Waals surface area contributed by atoms with E-state index < -0.39 is 0 Å². The number of nitrogens with one attached hydrogen (secondary N) is 2. The number of nitrogens with zero attached hydrogens (tertiary/aromatic N) is 2. The minimum absolute atomic E-state index is 0.0201. The number of carbonyl (C=O) groups is 1. The van der Waals surface area contributed by atoms with E-state index in [0.29, 0.717) is 23.9 Å². The molecule has 22 heavy (non-hydrogen) atoms. The van der Waals surface area contributed by atoms with E-state index in [-0.39, 0.29) is 11.8 Å². The number of hydrogen-bond acceptors (Lipinski definition) is 6. The zero-order valence-corrected chi connectivity index (χ0v) is 12.3. The van der Waals surface area contributed by atoms with E-state index in [0.717, 1.165) is 22.0 Å². The summed E-state index contributed by atoms with van der Waals surface area (Å²) in [7, 11) is 0. The molecule has 0 fully saturated rings. The van der Waals surface area contributed by atoms with Crippen LogP contribution in [0.2, 0.25) is 0 Å². The third kappa shape index (κ3) is 2.17. The smallest absolute Gasteiger partial charge is 0.221 e. The van der Waals surface area contributed by atoms with Crippen LogP contribution >= 0.6 is 11.3 Å². The number of fused-ring (bicyclic) bond motifs is 1. The molecule has 0 unspecified atom stereocenters. The van der Waals surface area contributed by atoms with Crippen LogP contribution in [0.3, 0.4) is 0 Å². The number of aromatic nitrogens is 3. The van der Waals surface area contributed by atoms with Crippen molar-refractivity contribution in [3.63, 3.8) is 0 Å². The van der Waals surface area contributed by atoms with E-state index in [9.17, 15) is 4.79 Å². The summed E-state index contributed by atoms with van der Waals surface area (Å²) in [6.07, 6.45) is 1.99. The molecule has 1 atom stereocenters. The number of anilines is 1. The van der Waals surface area contributed by atoms with Gasteiger partial charge in [-0.3, -0.25) is 9.89 Å². The molecule has 0 aliphatic carbocycles. The molecule has 0 radical (unpaired) electrons. The summed E-state index contributed by atoms with van der Waals surface area (Å²) in [6.45, 7) is 0.409. The highest BCUT2D eigenvalue weighted by Crippen LogP contribution is 2.38. The fraction of sp³-hybridized carbons (Fsp3) is 0.214. The molecule has 3 aromatic rings. The number of nitrogens with two attached hydrogens (primary N) is 1. The Hall–Kier alpha value is -2.61. The van der Waals surface area contributed by atoms with Crippen LogP contribution < -0.4 is 11.1 Å². The molecular weight excluding hydrogens is 302 g/mol. The summed E-state index contributed by atoms with van der Waals surface area (Å²) in [5.41, 5.74) is 7.43. The minimum Gasteiger partial charge on any atom is -0.459 e. The standard InChI is InChI=1S/C14H13N5O2S/c15-14-18-9-6-16-12(20)5-7(13(9)22-14)10-1-2-11(21-10)8-3-4-17-19-8/h1-4,7H,5-6H2,(H2,15,18)(H,16,20)(H,17,19)/t7-/m1/s1. The van der Waals surface area contributed by atoms with Crippen molar-refractivity contribution in [2.45, 2.75) is 18.9 Å². The number of aromatic amines is 1. The summed E-state index contributed by atoms with van der Waals surface area (Å²) in [5, 5.41) is 10.1. The number of hydrogen-bond donors (Lipinski definition) is 3. The van der Waals surface area contributed by atoms with Gasteiger partial charge in [0, 0.05) is 17.5 Å². The van der Waals surface area contributed by atoms with Crippen molar-refractivity contribution in [2.24, 2.45) is 0 Å². The van der Waals surface area contributed by atoms with E-state index in [1.54, 1.807) is 6.20 Å². The first-order chi connectivity index (χ1) is 10.7. The molecule has 7 nitrogen and oxygen atoms in total. The van der Waals surface area contributed by atoms with Gasteiger partial charge in [-0.15, -0.1) is 11.3 Å². The van der Waals surface area contributed by atoms with Crippen molar-refractivity contribution in [1.82, 2.24) is 20.5 Å². The molecule has 0 bridgehead atoms. The van der Waals surface area contributed by atoms with Gasteiger partial charge in [-0.1, -0.05) is 0 Å². The number of carbonyl (C=O) groups excluding carboxylic acids is 1. The molecule has 1 aliphatic rings. The van der Waals surface area contributed by atoms with E-state index in [1.807, 2.05) is 18.2 Å². The highest BCUT2D eigenvalue weighted by molar-refractivity contribution is 7.15. The fourth-order valence-electron chi connectivity index (χ4n) is 2.62. The molecule has 3 aromatic heterocycles. The van der Waals surface area contributed by atoms with Gasteiger partial charge in [0.15, 0.2) is 10.9 Å². The second-order valence-corrected chi connectivity index (χ2v) is 6.13. The van der Waals surface area contributed by atoms with Crippen molar-refractivity contribution in [3.05, 3.63) is 40.7 Å². The Labute approximate surface area is 129 Å². The Balaban J connectivity index is 1.75. The Morgan fingerprint density at radius 2 is 2.27 bits per heavy atom. The molecule has 1 aliphatic heterocycles. The quantitative estimate of drug-likeness (QED) is 0.668. The molecular formula is C14H13N5O2S. The van der Waals surface area contributed by atoms with Gasteiger partial charge < -0.3 is 15.5 Å². The van der Waals surface area contributed by atoms with Gasteiger partial charge in [-0.05, 0) is 18.2 Å². The lowest BCUT2D eigenvalue weighted by Gasteiger charge is -2.09. The maximum atomic E-state index is 11.9. The average molecular weight is 315 g/mol. The largest absolute Gasteiger partial charge is 0.459 e. The van der Waals surface area contributed by atoms with E-state index in [4.69, 9.17) is 10.2 Å². The maximum absolute atomic E-state index is 11.9. The molecule has 0 aromatic carbocycles. The van der Waals surface area contributed by atoms with Gasteiger partial charge >= 0.3 is 0 Å². The lowest BCUT2D eigenvalue weighted by atomic mass is 10.00. The molecule has 0 saturated heterocycles. The zero-order chi connectivity index (χ0) is 15.1. The first kappa shape index (κ1) is 13.1. The van der Waals surface area contributed by atoms with Crippen LogP contribution in [-0.4, -0.2) is 21.1 Å². The van der Waals surface area contributed by atoms with E-state index >= 15 is 0 Å². The second-order valence-electron chi connectivity index (χ2n) is 5.07. The zero-order valence-electron chi connectivity index (χ0n) is 11.5. The molecule has 0 spiro atoms.